The number of anilines is 1. The van der Waals surface area contributed by atoms with Crippen LogP contribution in [0.25, 0.3) is 0 Å². The van der Waals surface area contributed by atoms with Crippen LogP contribution in [0.4, 0.5) is 5.69 Å². The van der Waals surface area contributed by atoms with Gasteiger partial charge in [0.1, 0.15) is 0 Å². The number of carbonyl (C=O) groups is 3. The van der Waals surface area contributed by atoms with Crippen LogP contribution < -0.4 is 16.0 Å². The average molecular weight is 479 g/mol. The molecule has 0 bridgehead atoms. The smallest absolute Gasteiger partial charge is 0.253 e. The fraction of sp³-hybridized carbons (Fsp3) is 0.464. The second-order valence-electron chi connectivity index (χ2n) is 9.47. The molecule has 3 amide bonds. The Morgan fingerprint density at radius 1 is 1.00 bits per heavy atom. The van der Waals surface area contributed by atoms with Crippen LogP contribution in [0.2, 0.25) is 0 Å². The molecule has 1 aliphatic rings. The van der Waals surface area contributed by atoms with Crippen molar-refractivity contribution in [3.05, 3.63) is 65.7 Å². The van der Waals surface area contributed by atoms with E-state index in [0.29, 0.717) is 17.8 Å². The van der Waals surface area contributed by atoms with E-state index in [1.807, 2.05) is 49.1 Å². The molecule has 0 aromatic heterocycles. The molecule has 0 aliphatic carbocycles. The normalized spacial score (nSPS) is 17.7. The second-order valence-corrected chi connectivity index (χ2v) is 9.47. The summed E-state index contributed by atoms with van der Waals surface area (Å²) >= 11 is 0. The predicted octanol–water partition coefficient (Wildman–Crippen LogP) is 4.13. The number of nitrogens with zero attached hydrogens (tertiary/aromatic N) is 1. The molecule has 7 heteroatoms. The van der Waals surface area contributed by atoms with Crippen LogP contribution in [0.3, 0.4) is 0 Å². The quantitative estimate of drug-likeness (QED) is 0.479. The highest BCUT2D eigenvalue weighted by atomic mass is 16.2. The number of amides is 3. The third-order valence-corrected chi connectivity index (χ3v) is 6.45. The fourth-order valence-corrected chi connectivity index (χ4v) is 4.56. The van der Waals surface area contributed by atoms with E-state index in [1.54, 1.807) is 24.3 Å². The maximum absolute atomic E-state index is 13.0. The Labute approximate surface area is 208 Å². The molecule has 3 rings (SSSR count). The Morgan fingerprint density at radius 2 is 1.71 bits per heavy atom. The maximum Gasteiger partial charge on any atom is 0.253 e. The zero-order valence-electron chi connectivity index (χ0n) is 21.0. The summed E-state index contributed by atoms with van der Waals surface area (Å²) in [7, 11) is 0. The molecule has 3 atom stereocenters. The Morgan fingerprint density at radius 3 is 2.46 bits per heavy atom. The van der Waals surface area contributed by atoms with Gasteiger partial charge < -0.3 is 16.0 Å². The average Bonchev–Trinajstić information content (AvgIpc) is 2.85. The van der Waals surface area contributed by atoms with Crippen molar-refractivity contribution >= 4 is 23.4 Å². The van der Waals surface area contributed by atoms with Crippen molar-refractivity contribution in [1.29, 1.82) is 0 Å². The van der Waals surface area contributed by atoms with E-state index >= 15 is 0 Å². The van der Waals surface area contributed by atoms with E-state index in [1.165, 1.54) is 0 Å². The van der Waals surface area contributed by atoms with Crippen molar-refractivity contribution in [2.24, 2.45) is 5.92 Å². The maximum atomic E-state index is 13.0. The van der Waals surface area contributed by atoms with E-state index in [2.05, 4.69) is 22.9 Å². The van der Waals surface area contributed by atoms with Crippen LogP contribution in [0.1, 0.15) is 68.4 Å². The van der Waals surface area contributed by atoms with Gasteiger partial charge in [-0.1, -0.05) is 55.8 Å². The molecule has 188 valence electrons. The number of nitrogens with one attached hydrogen (secondary N) is 3. The van der Waals surface area contributed by atoms with E-state index in [0.717, 1.165) is 37.8 Å². The molecular formula is C28H38N4O3. The van der Waals surface area contributed by atoms with Gasteiger partial charge in [0.15, 0.2) is 0 Å². The van der Waals surface area contributed by atoms with Crippen LogP contribution in [0.5, 0.6) is 0 Å². The van der Waals surface area contributed by atoms with Gasteiger partial charge in [0.05, 0.1) is 29.8 Å². The Bertz CT molecular complexity index is 995. The number of piperidine rings is 1. The number of rotatable bonds is 10. The van der Waals surface area contributed by atoms with Crippen molar-refractivity contribution in [3.8, 4) is 0 Å². The standard InChI is InChI=1S/C28H38N4O3/c1-4-11-20(2)29-27(34)23-14-10-17-32(18-23)19-26(33)31-25-16-9-8-15-24(25)28(35)30-21(3)22-12-6-5-7-13-22/h5-9,12-13,15-16,20-21,23H,4,10-11,14,17-19H2,1-3H3,(H,29,34)(H,30,35)(H,31,33). The molecule has 35 heavy (non-hydrogen) atoms. The van der Waals surface area contributed by atoms with Gasteiger partial charge in [-0.15, -0.1) is 0 Å². The molecule has 3 unspecified atom stereocenters. The highest BCUT2D eigenvalue weighted by Gasteiger charge is 2.27. The van der Waals surface area contributed by atoms with Gasteiger partial charge in [-0.2, -0.15) is 0 Å². The first-order valence-corrected chi connectivity index (χ1v) is 12.6. The van der Waals surface area contributed by atoms with Crippen LogP contribution in [-0.2, 0) is 9.59 Å². The summed E-state index contributed by atoms with van der Waals surface area (Å²) in [5.74, 6) is -0.464. The van der Waals surface area contributed by atoms with Gasteiger partial charge >= 0.3 is 0 Å². The molecule has 0 saturated carbocycles. The lowest BCUT2D eigenvalue weighted by molar-refractivity contribution is -0.128. The first kappa shape index (κ1) is 26.4. The zero-order chi connectivity index (χ0) is 25.2. The summed E-state index contributed by atoms with van der Waals surface area (Å²) in [6.45, 7) is 7.59. The summed E-state index contributed by atoms with van der Waals surface area (Å²) in [5, 5.41) is 9.01. The summed E-state index contributed by atoms with van der Waals surface area (Å²) in [6, 6.07) is 16.8. The summed E-state index contributed by atoms with van der Waals surface area (Å²) in [4.78, 5) is 40.5. The van der Waals surface area contributed by atoms with Crippen molar-refractivity contribution in [2.45, 2.75) is 58.5 Å². The highest BCUT2D eigenvalue weighted by molar-refractivity contribution is 6.04. The molecule has 7 nitrogen and oxygen atoms in total. The number of likely N-dealkylation sites (tertiary alicyclic amines) is 1. The first-order valence-electron chi connectivity index (χ1n) is 12.6. The van der Waals surface area contributed by atoms with Gasteiger partial charge in [-0.3, -0.25) is 19.3 Å². The van der Waals surface area contributed by atoms with E-state index < -0.39 is 0 Å². The van der Waals surface area contributed by atoms with Gasteiger partial charge in [-0.05, 0) is 57.4 Å². The fourth-order valence-electron chi connectivity index (χ4n) is 4.56. The molecule has 3 N–H and O–H groups in total. The largest absolute Gasteiger partial charge is 0.353 e. The monoisotopic (exact) mass is 478 g/mol. The van der Waals surface area contributed by atoms with Gasteiger partial charge in [0.2, 0.25) is 11.8 Å². The SMILES string of the molecule is CCCC(C)NC(=O)C1CCCN(CC(=O)Nc2ccccc2C(=O)NC(C)c2ccccc2)C1. The van der Waals surface area contributed by atoms with Crippen molar-refractivity contribution in [3.63, 3.8) is 0 Å². The zero-order valence-corrected chi connectivity index (χ0v) is 21.0. The number of hydrogen-bond acceptors (Lipinski definition) is 4. The lowest BCUT2D eigenvalue weighted by Crippen LogP contribution is -2.47. The van der Waals surface area contributed by atoms with Crippen molar-refractivity contribution in [2.75, 3.05) is 25.0 Å². The van der Waals surface area contributed by atoms with Crippen LogP contribution >= 0.6 is 0 Å². The van der Waals surface area contributed by atoms with Crippen LogP contribution in [-0.4, -0.2) is 48.3 Å². The molecular weight excluding hydrogens is 440 g/mol. The third-order valence-electron chi connectivity index (χ3n) is 6.45. The van der Waals surface area contributed by atoms with Gasteiger partial charge in [0, 0.05) is 12.6 Å². The lowest BCUT2D eigenvalue weighted by Gasteiger charge is -2.32. The van der Waals surface area contributed by atoms with Crippen LogP contribution in [0, 0.1) is 5.92 Å². The highest BCUT2D eigenvalue weighted by Crippen LogP contribution is 2.20. The molecule has 1 saturated heterocycles. The minimum Gasteiger partial charge on any atom is -0.353 e. The number of hydrogen-bond donors (Lipinski definition) is 3. The van der Waals surface area contributed by atoms with E-state index in [4.69, 9.17) is 0 Å². The Hall–Kier alpha value is -3.19. The van der Waals surface area contributed by atoms with E-state index in [9.17, 15) is 14.4 Å². The van der Waals surface area contributed by atoms with Gasteiger partial charge in [-0.25, -0.2) is 0 Å². The minimum atomic E-state index is -0.242. The lowest BCUT2D eigenvalue weighted by atomic mass is 9.96. The molecule has 2 aromatic carbocycles. The molecule has 1 fully saturated rings. The summed E-state index contributed by atoms with van der Waals surface area (Å²) in [5.41, 5.74) is 1.91. The second kappa shape index (κ2) is 13.0. The molecule has 1 aliphatic heterocycles. The number of para-hydroxylation sites is 1. The summed E-state index contributed by atoms with van der Waals surface area (Å²) in [6.07, 6.45) is 3.71. The minimum absolute atomic E-state index is 0.0746. The van der Waals surface area contributed by atoms with Crippen LogP contribution in [0.15, 0.2) is 54.6 Å². The Kier molecular flexibility index (Phi) is 9.85. The molecule has 0 spiro atoms. The third kappa shape index (κ3) is 7.92. The molecule has 1 heterocycles. The molecule has 0 radical (unpaired) electrons. The Balaban J connectivity index is 1.56. The molecule has 2 aromatic rings. The summed E-state index contributed by atoms with van der Waals surface area (Å²) < 4.78 is 0. The topological polar surface area (TPSA) is 90.5 Å². The van der Waals surface area contributed by atoms with Crippen molar-refractivity contribution < 1.29 is 14.4 Å². The predicted molar refractivity (Wildman–Crippen MR) is 139 cm³/mol. The van der Waals surface area contributed by atoms with Crippen molar-refractivity contribution in [1.82, 2.24) is 15.5 Å². The number of benzene rings is 2. The number of carbonyl (C=O) groups excluding carboxylic acids is 3. The van der Waals surface area contributed by atoms with Gasteiger partial charge in [0.25, 0.3) is 5.91 Å². The first-order chi connectivity index (χ1) is 16.9. The van der Waals surface area contributed by atoms with E-state index in [-0.39, 0.29) is 42.3 Å².